The molecule has 2 aromatic carbocycles. The van der Waals surface area contributed by atoms with E-state index in [0.717, 1.165) is 39.7 Å². The molecule has 0 atom stereocenters. The van der Waals surface area contributed by atoms with E-state index in [0.29, 0.717) is 5.56 Å². The molecule has 3 rings (SSSR count). The maximum Gasteiger partial charge on any atom is 0.255 e. The number of nitrogens with one attached hydrogen (secondary N) is 1. The zero-order chi connectivity index (χ0) is 19.1. The van der Waals surface area contributed by atoms with E-state index in [1.54, 1.807) is 19.2 Å². The smallest absolute Gasteiger partial charge is 0.255 e. The predicted octanol–water partition coefficient (Wildman–Crippen LogP) is 5.90. The van der Waals surface area contributed by atoms with Crippen LogP contribution in [0.4, 0.5) is 5.69 Å². The number of rotatable bonds is 7. The Morgan fingerprint density at radius 2 is 1.85 bits per heavy atom. The second kappa shape index (κ2) is 9.97. The van der Waals surface area contributed by atoms with Crippen LogP contribution in [-0.4, -0.2) is 19.6 Å². The molecule has 1 saturated carbocycles. The van der Waals surface area contributed by atoms with Gasteiger partial charge in [-0.1, -0.05) is 32.1 Å². The maximum atomic E-state index is 12.4. The normalized spacial score (nSPS) is 14.6. The Bertz CT molecular complexity index is 755. The van der Waals surface area contributed by atoms with Gasteiger partial charge in [-0.2, -0.15) is 0 Å². The van der Waals surface area contributed by atoms with E-state index in [1.807, 2.05) is 30.3 Å². The number of ether oxygens (including phenoxy) is 2. The standard InChI is InChI=1S/C22H26INO3/c1-26-21-12-7-17(15-20(21)23)22(25)24-18-8-10-19(11-9-18)27-14-13-16-5-3-2-4-6-16/h7-12,15-16H,2-6,13-14H2,1H3,(H,24,25). The lowest BCUT2D eigenvalue weighted by Crippen LogP contribution is -2.12. The first-order chi connectivity index (χ1) is 13.2. The number of halogens is 1. The van der Waals surface area contributed by atoms with Crippen LogP contribution < -0.4 is 14.8 Å². The highest BCUT2D eigenvalue weighted by Crippen LogP contribution is 2.27. The third-order valence-corrected chi connectivity index (χ3v) is 5.89. The van der Waals surface area contributed by atoms with Crippen molar-refractivity contribution >= 4 is 34.2 Å². The van der Waals surface area contributed by atoms with Crippen LogP contribution in [0.25, 0.3) is 0 Å². The predicted molar refractivity (Wildman–Crippen MR) is 117 cm³/mol. The fourth-order valence-electron chi connectivity index (χ4n) is 3.46. The summed E-state index contributed by atoms with van der Waals surface area (Å²) in [6.45, 7) is 0.765. The molecule has 2 aromatic rings. The van der Waals surface area contributed by atoms with Crippen molar-refractivity contribution < 1.29 is 14.3 Å². The summed E-state index contributed by atoms with van der Waals surface area (Å²) in [4.78, 5) is 12.4. The lowest BCUT2D eigenvalue weighted by Gasteiger charge is -2.21. The minimum absolute atomic E-state index is 0.137. The van der Waals surface area contributed by atoms with E-state index in [4.69, 9.17) is 9.47 Å². The molecule has 1 aliphatic carbocycles. The molecule has 144 valence electrons. The Balaban J connectivity index is 1.49. The summed E-state index contributed by atoms with van der Waals surface area (Å²) >= 11 is 2.16. The second-order valence-corrected chi connectivity index (χ2v) is 8.13. The van der Waals surface area contributed by atoms with Gasteiger partial charge in [-0.15, -0.1) is 0 Å². The van der Waals surface area contributed by atoms with Gasteiger partial charge in [-0.05, 0) is 77.4 Å². The third-order valence-electron chi connectivity index (χ3n) is 5.05. The monoisotopic (exact) mass is 479 g/mol. The van der Waals surface area contributed by atoms with Gasteiger partial charge in [0, 0.05) is 11.3 Å². The van der Waals surface area contributed by atoms with Crippen molar-refractivity contribution in [2.45, 2.75) is 38.5 Å². The molecule has 0 heterocycles. The lowest BCUT2D eigenvalue weighted by atomic mass is 9.87. The number of methoxy groups -OCH3 is 1. The quantitative estimate of drug-likeness (QED) is 0.503. The van der Waals surface area contributed by atoms with E-state index in [2.05, 4.69) is 27.9 Å². The molecule has 1 N–H and O–H groups in total. The lowest BCUT2D eigenvalue weighted by molar-refractivity contribution is 0.102. The topological polar surface area (TPSA) is 47.6 Å². The number of benzene rings is 2. The van der Waals surface area contributed by atoms with E-state index in [1.165, 1.54) is 32.1 Å². The van der Waals surface area contributed by atoms with Gasteiger partial charge in [0.1, 0.15) is 11.5 Å². The van der Waals surface area contributed by atoms with Crippen LogP contribution in [0.15, 0.2) is 42.5 Å². The van der Waals surface area contributed by atoms with Crippen LogP contribution in [0, 0.1) is 9.49 Å². The second-order valence-electron chi connectivity index (χ2n) is 6.97. The molecule has 5 heteroatoms. The first-order valence-corrected chi connectivity index (χ1v) is 10.6. The molecule has 4 nitrogen and oxygen atoms in total. The van der Waals surface area contributed by atoms with Crippen LogP contribution in [-0.2, 0) is 0 Å². The molecule has 0 spiro atoms. The summed E-state index contributed by atoms with van der Waals surface area (Å²) in [6, 6.07) is 13.0. The van der Waals surface area contributed by atoms with Crippen LogP contribution >= 0.6 is 22.6 Å². The maximum absolute atomic E-state index is 12.4. The Morgan fingerprint density at radius 1 is 1.11 bits per heavy atom. The molecule has 1 fully saturated rings. The molecule has 1 amide bonds. The van der Waals surface area contributed by atoms with Gasteiger partial charge in [-0.25, -0.2) is 0 Å². The first-order valence-electron chi connectivity index (χ1n) is 9.53. The van der Waals surface area contributed by atoms with Gasteiger partial charge in [0.2, 0.25) is 0 Å². The van der Waals surface area contributed by atoms with Crippen molar-refractivity contribution in [2.75, 3.05) is 19.0 Å². The minimum atomic E-state index is -0.137. The summed E-state index contributed by atoms with van der Waals surface area (Å²) in [7, 11) is 1.62. The SMILES string of the molecule is COc1ccc(C(=O)Nc2ccc(OCCC3CCCCC3)cc2)cc1I. The average molecular weight is 479 g/mol. The van der Waals surface area contributed by atoms with Crippen LogP contribution in [0.2, 0.25) is 0 Å². The van der Waals surface area contributed by atoms with Crippen molar-refractivity contribution in [3.05, 3.63) is 51.6 Å². The summed E-state index contributed by atoms with van der Waals surface area (Å²) in [5, 5.41) is 2.92. The number of hydrogen-bond donors (Lipinski definition) is 1. The van der Waals surface area contributed by atoms with E-state index in [9.17, 15) is 4.79 Å². The van der Waals surface area contributed by atoms with Gasteiger partial charge < -0.3 is 14.8 Å². The fraction of sp³-hybridized carbons (Fsp3) is 0.409. The van der Waals surface area contributed by atoms with Crippen molar-refractivity contribution in [3.8, 4) is 11.5 Å². The molecular weight excluding hydrogens is 453 g/mol. The number of anilines is 1. The summed E-state index contributed by atoms with van der Waals surface area (Å²) < 4.78 is 12.0. The van der Waals surface area contributed by atoms with Crippen molar-refractivity contribution in [3.63, 3.8) is 0 Å². The Kier molecular flexibility index (Phi) is 7.38. The molecule has 0 radical (unpaired) electrons. The number of carbonyl (C=O) groups is 1. The number of carbonyl (C=O) groups excluding carboxylic acids is 1. The largest absolute Gasteiger partial charge is 0.496 e. The highest BCUT2D eigenvalue weighted by Gasteiger charge is 2.13. The Labute approximate surface area is 174 Å². The van der Waals surface area contributed by atoms with Gasteiger partial charge in [0.05, 0.1) is 17.3 Å². The molecule has 0 aliphatic heterocycles. The Morgan fingerprint density at radius 3 is 2.52 bits per heavy atom. The summed E-state index contributed by atoms with van der Waals surface area (Å²) in [6.07, 6.45) is 7.95. The van der Waals surface area contributed by atoms with Gasteiger partial charge in [0.15, 0.2) is 0 Å². The van der Waals surface area contributed by atoms with E-state index >= 15 is 0 Å². The third kappa shape index (κ3) is 5.86. The van der Waals surface area contributed by atoms with Crippen LogP contribution in [0.1, 0.15) is 48.9 Å². The zero-order valence-corrected chi connectivity index (χ0v) is 17.8. The molecule has 0 unspecified atom stereocenters. The fourth-order valence-corrected chi connectivity index (χ4v) is 4.20. The summed E-state index contributed by atoms with van der Waals surface area (Å²) in [5.74, 6) is 2.30. The summed E-state index contributed by atoms with van der Waals surface area (Å²) in [5.41, 5.74) is 1.36. The average Bonchev–Trinajstić information content (AvgIpc) is 2.70. The van der Waals surface area contributed by atoms with Gasteiger partial charge in [-0.3, -0.25) is 4.79 Å². The molecule has 0 bridgehead atoms. The van der Waals surface area contributed by atoms with Crippen LogP contribution in [0.3, 0.4) is 0 Å². The number of amides is 1. The van der Waals surface area contributed by atoms with Crippen LogP contribution in [0.5, 0.6) is 11.5 Å². The first kappa shape index (κ1) is 20.0. The zero-order valence-electron chi connectivity index (χ0n) is 15.7. The van der Waals surface area contributed by atoms with E-state index in [-0.39, 0.29) is 5.91 Å². The molecule has 0 aromatic heterocycles. The highest BCUT2D eigenvalue weighted by atomic mass is 127. The number of hydrogen-bond acceptors (Lipinski definition) is 3. The van der Waals surface area contributed by atoms with Gasteiger partial charge in [0.25, 0.3) is 5.91 Å². The highest BCUT2D eigenvalue weighted by molar-refractivity contribution is 14.1. The minimum Gasteiger partial charge on any atom is -0.496 e. The molecular formula is C22H26INO3. The molecule has 1 aliphatic rings. The van der Waals surface area contributed by atoms with Crippen molar-refractivity contribution in [1.82, 2.24) is 0 Å². The van der Waals surface area contributed by atoms with Gasteiger partial charge >= 0.3 is 0 Å². The van der Waals surface area contributed by atoms with Crippen molar-refractivity contribution in [1.29, 1.82) is 0 Å². The molecule has 0 saturated heterocycles. The van der Waals surface area contributed by atoms with Crippen molar-refractivity contribution in [2.24, 2.45) is 5.92 Å². The Hall–Kier alpha value is -1.76. The van der Waals surface area contributed by atoms with E-state index < -0.39 is 0 Å². The molecule has 27 heavy (non-hydrogen) atoms.